The van der Waals surface area contributed by atoms with Crippen molar-refractivity contribution in [1.82, 2.24) is 4.90 Å². The number of aliphatic hydroxyl groups excluding tert-OH is 2. The standard InChI is InChI=1S/C23H47NO3/c1-3-5-6-7-8-9-10-11-12-13-14-15-16-17-18-22(26)21-24(19-20-25)23(27)4-2/h22,25-26H,3-21H2,1-2H3. The molecule has 0 aliphatic rings. The van der Waals surface area contributed by atoms with E-state index in [9.17, 15) is 9.90 Å². The highest BCUT2D eigenvalue weighted by atomic mass is 16.3. The Morgan fingerprint density at radius 3 is 1.63 bits per heavy atom. The van der Waals surface area contributed by atoms with Gasteiger partial charge in [-0.3, -0.25) is 4.79 Å². The smallest absolute Gasteiger partial charge is 0.222 e. The molecule has 27 heavy (non-hydrogen) atoms. The van der Waals surface area contributed by atoms with Crippen LogP contribution in [-0.4, -0.2) is 46.8 Å². The molecule has 4 heteroatoms. The highest BCUT2D eigenvalue weighted by molar-refractivity contribution is 5.75. The van der Waals surface area contributed by atoms with E-state index in [1.165, 1.54) is 77.0 Å². The molecule has 0 aliphatic carbocycles. The normalized spacial score (nSPS) is 12.3. The molecule has 0 saturated heterocycles. The van der Waals surface area contributed by atoms with Crippen molar-refractivity contribution in [2.45, 2.75) is 123 Å². The molecule has 0 aliphatic heterocycles. The lowest BCUT2D eigenvalue weighted by molar-refractivity contribution is -0.132. The van der Waals surface area contributed by atoms with Crippen LogP contribution >= 0.6 is 0 Å². The van der Waals surface area contributed by atoms with Gasteiger partial charge >= 0.3 is 0 Å². The number of unbranched alkanes of at least 4 members (excludes halogenated alkanes) is 13. The zero-order chi connectivity index (χ0) is 20.2. The molecule has 0 rings (SSSR count). The molecular formula is C23H47NO3. The fourth-order valence-corrected chi connectivity index (χ4v) is 3.58. The summed E-state index contributed by atoms with van der Waals surface area (Å²) < 4.78 is 0. The molecule has 0 aromatic carbocycles. The van der Waals surface area contributed by atoms with Gasteiger partial charge in [-0.25, -0.2) is 0 Å². The van der Waals surface area contributed by atoms with E-state index in [0.717, 1.165) is 19.3 Å². The van der Waals surface area contributed by atoms with Crippen molar-refractivity contribution in [2.24, 2.45) is 0 Å². The van der Waals surface area contributed by atoms with Crippen molar-refractivity contribution in [3.8, 4) is 0 Å². The van der Waals surface area contributed by atoms with Gasteiger partial charge in [-0.15, -0.1) is 0 Å². The van der Waals surface area contributed by atoms with Crippen LogP contribution in [0.15, 0.2) is 0 Å². The Hall–Kier alpha value is -0.610. The fourth-order valence-electron chi connectivity index (χ4n) is 3.58. The molecule has 4 nitrogen and oxygen atoms in total. The number of aliphatic hydroxyl groups is 2. The monoisotopic (exact) mass is 385 g/mol. The van der Waals surface area contributed by atoms with Crippen molar-refractivity contribution in [2.75, 3.05) is 19.7 Å². The predicted octanol–water partition coefficient (Wildman–Crippen LogP) is 5.45. The van der Waals surface area contributed by atoms with Crippen molar-refractivity contribution in [3.63, 3.8) is 0 Å². The molecule has 1 atom stereocenters. The number of carbonyl (C=O) groups excluding carboxylic acids is 1. The summed E-state index contributed by atoms with van der Waals surface area (Å²) in [4.78, 5) is 13.3. The molecule has 0 radical (unpaired) electrons. The van der Waals surface area contributed by atoms with E-state index in [-0.39, 0.29) is 12.5 Å². The van der Waals surface area contributed by atoms with E-state index < -0.39 is 6.10 Å². The second-order valence-corrected chi connectivity index (χ2v) is 7.96. The number of amides is 1. The molecule has 1 amide bonds. The fraction of sp³-hybridized carbons (Fsp3) is 0.957. The van der Waals surface area contributed by atoms with Gasteiger partial charge in [-0.1, -0.05) is 104 Å². The first-order valence-corrected chi connectivity index (χ1v) is 11.7. The lowest BCUT2D eigenvalue weighted by Crippen LogP contribution is -2.39. The largest absolute Gasteiger partial charge is 0.395 e. The van der Waals surface area contributed by atoms with Gasteiger partial charge in [0.2, 0.25) is 5.91 Å². The van der Waals surface area contributed by atoms with E-state index in [1.807, 2.05) is 6.92 Å². The van der Waals surface area contributed by atoms with Crippen molar-refractivity contribution >= 4 is 5.91 Å². The number of nitrogens with zero attached hydrogens (tertiary/aromatic N) is 1. The first kappa shape index (κ1) is 26.4. The van der Waals surface area contributed by atoms with Crippen LogP contribution < -0.4 is 0 Å². The van der Waals surface area contributed by atoms with E-state index in [0.29, 0.717) is 19.5 Å². The van der Waals surface area contributed by atoms with Crippen LogP contribution in [-0.2, 0) is 4.79 Å². The molecule has 0 saturated carbocycles. The molecule has 1 unspecified atom stereocenters. The Bertz CT molecular complexity index is 323. The zero-order valence-electron chi connectivity index (χ0n) is 18.3. The zero-order valence-corrected chi connectivity index (χ0v) is 18.3. The van der Waals surface area contributed by atoms with Crippen molar-refractivity contribution < 1.29 is 15.0 Å². The minimum Gasteiger partial charge on any atom is -0.395 e. The number of rotatable bonds is 20. The van der Waals surface area contributed by atoms with Crippen LogP contribution in [0.2, 0.25) is 0 Å². The minimum absolute atomic E-state index is 0.00376. The average Bonchev–Trinajstić information content (AvgIpc) is 2.67. The molecule has 0 aromatic heterocycles. The second kappa shape index (κ2) is 20.1. The van der Waals surface area contributed by atoms with Gasteiger partial charge in [0.15, 0.2) is 0 Å². The summed E-state index contributed by atoms with van der Waals surface area (Å²) in [7, 11) is 0. The third-order valence-electron chi connectivity index (χ3n) is 5.35. The van der Waals surface area contributed by atoms with Crippen LogP contribution in [0.1, 0.15) is 117 Å². The summed E-state index contributed by atoms with van der Waals surface area (Å²) in [6.07, 6.45) is 19.3. The van der Waals surface area contributed by atoms with Crippen molar-refractivity contribution in [1.29, 1.82) is 0 Å². The first-order chi connectivity index (χ1) is 13.2. The van der Waals surface area contributed by atoms with E-state index in [2.05, 4.69) is 6.92 Å². The maximum absolute atomic E-state index is 11.7. The summed E-state index contributed by atoms with van der Waals surface area (Å²) in [6, 6.07) is 0. The number of carbonyl (C=O) groups is 1. The SMILES string of the molecule is CCCCCCCCCCCCCCCCC(O)CN(CCO)C(=O)CC. The molecule has 0 bridgehead atoms. The minimum atomic E-state index is -0.468. The molecule has 0 fully saturated rings. The van der Waals surface area contributed by atoms with Gasteiger partial charge < -0.3 is 15.1 Å². The number of hydrogen-bond acceptors (Lipinski definition) is 3. The maximum Gasteiger partial charge on any atom is 0.222 e. The maximum atomic E-state index is 11.7. The summed E-state index contributed by atoms with van der Waals surface area (Å²) in [5.41, 5.74) is 0. The van der Waals surface area contributed by atoms with Crippen LogP contribution in [0.4, 0.5) is 0 Å². The molecule has 0 heterocycles. The third-order valence-corrected chi connectivity index (χ3v) is 5.35. The summed E-state index contributed by atoms with van der Waals surface area (Å²) in [5.74, 6) is 0.00376. The van der Waals surface area contributed by atoms with Gasteiger partial charge in [-0.05, 0) is 6.42 Å². The Morgan fingerprint density at radius 2 is 1.22 bits per heavy atom. The van der Waals surface area contributed by atoms with Gasteiger partial charge in [0.25, 0.3) is 0 Å². The Labute approximate surface area is 168 Å². The highest BCUT2D eigenvalue weighted by Crippen LogP contribution is 2.14. The lowest BCUT2D eigenvalue weighted by Gasteiger charge is -2.24. The van der Waals surface area contributed by atoms with Gasteiger partial charge in [0.05, 0.1) is 12.7 Å². The van der Waals surface area contributed by atoms with Crippen LogP contribution in [0, 0.1) is 0 Å². The lowest BCUT2D eigenvalue weighted by atomic mass is 10.0. The summed E-state index contributed by atoms with van der Waals surface area (Å²) in [5, 5.41) is 19.1. The summed E-state index contributed by atoms with van der Waals surface area (Å²) in [6.45, 7) is 4.71. The Balaban J connectivity index is 3.41. The molecular weight excluding hydrogens is 338 g/mol. The Morgan fingerprint density at radius 1 is 0.778 bits per heavy atom. The highest BCUT2D eigenvalue weighted by Gasteiger charge is 2.15. The molecule has 0 spiro atoms. The average molecular weight is 386 g/mol. The second-order valence-electron chi connectivity index (χ2n) is 7.96. The summed E-state index contributed by atoms with van der Waals surface area (Å²) >= 11 is 0. The van der Waals surface area contributed by atoms with Crippen molar-refractivity contribution in [3.05, 3.63) is 0 Å². The van der Waals surface area contributed by atoms with E-state index in [4.69, 9.17) is 5.11 Å². The molecule has 0 aromatic rings. The van der Waals surface area contributed by atoms with E-state index in [1.54, 1.807) is 4.90 Å². The van der Waals surface area contributed by atoms with Crippen LogP contribution in [0.3, 0.4) is 0 Å². The topological polar surface area (TPSA) is 60.8 Å². The van der Waals surface area contributed by atoms with Crippen LogP contribution in [0.5, 0.6) is 0 Å². The first-order valence-electron chi connectivity index (χ1n) is 11.7. The van der Waals surface area contributed by atoms with Gasteiger partial charge in [0, 0.05) is 19.5 Å². The van der Waals surface area contributed by atoms with Gasteiger partial charge in [0.1, 0.15) is 0 Å². The molecule has 2 N–H and O–H groups in total. The quantitative estimate of drug-likeness (QED) is 0.274. The Kier molecular flexibility index (Phi) is 19.7. The molecule has 162 valence electrons. The van der Waals surface area contributed by atoms with E-state index >= 15 is 0 Å². The van der Waals surface area contributed by atoms with Gasteiger partial charge in [-0.2, -0.15) is 0 Å². The third kappa shape index (κ3) is 17.2. The predicted molar refractivity (Wildman–Crippen MR) is 115 cm³/mol. The number of hydrogen-bond donors (Lipinski definition) is 2. The van der Waals surface area contributed by atoms with Crippen LogP contribution in [0.25, 0.3) is 0 Å².